The number of carboxylic acids is 1. The lowest BCUT2D eigenvalue weighted by Crippen LogP contribution is -2.39. The molecule has 124 valence electrons. The van der Waals surface area contributed by atoms with E-state index in [2.05, 4.69) is 27.0 Å². The van der Waals surface area contributed by atoms with Crippen molar-refractivity contribution in [3.8, 4) is 6.19 Å². The number of aliphatic carboxylic acids is 1. The number of carboxylic acid groups (broad SMARTS) is 1. The molecule has 3 unspecified atom stereocenters. The molecular formula is C17H20Cl2N2O2. The van der Waals surface area contributed by atoms with Crippen LogP contribution in [0, 0.1) is 16.9 Å². The van der Waals surface area contributed by atoms with E-state index in [-0.39, 0.29) is 17.4 Å². The Morgan fingerprint density at radius 1 is 1.43 bits per heavy atom. The molecule has 1 N–H and O–H groups in total. The van der Waals surface area contributed by atoms with Crippen LogP contribution in [0.3, 0.4) is 0 Å². The Morgan fingerprint density at radius 3 is 2.57 bits per heavy atom. The predicted molar refractivity (Wildman–Crippen MR) is 90.6 cm³/mol. The second-order valence-corrected chi connectivity index (χ2v) is 8.05. The normalized spacial score (nSPS) is 24.5. The summed E-state index contributed by atoms with van der Waals surface area (Å²) >= 11 is 12.3. The largest absolute Gasteiger partial charge is 0.480 e. The van der Waals surface area contributed by atoms with E-state index in [0.29, 0.717) is 22.9 Å². The van der Waals surface area contributed by atoms with Gasteiger partial charge in [0.25, 0.3) is 0 Å². The average Bonchev–Trinajstić information content (AvgIpc) is 2.75. The van der Waals surface area contributed by atoms with Crippen molar-refractivity contribution in [3.05, 3.63) is 33.8 Å². The predicted octanol–water partition coefficient (Wildman–Crippen LogP) is 4.52. The van der Waals surface area contributed by atoms with Crippen molar-refractivity contribution in [1.82, 2.24) is 4.90 Å². The van der Waals surface area contributed by atoms with Gasteiger partial charge in [-0.2, -0.15) is 5.26 Å². The lowest BCUT2D eigenvalue weighted by molar-refractivity contribution is -0.141. The van der Waals surface area contributed by atoms with Crippen molar-refractivity contribution >= 4 is 29.2 Å². The second kappa shape index (κ2) is 6.59. The number of hydrogen-bond acceptors (Lipinski definition) is 3. The molecule has 0 aliphatic carbocycles. The van der Waals surface area contributed by atoms with Crippen molar-refractivity contribution in [2.24, 2.45) is 5.41 Å². The SMILES string of the molecule is CC(C)(C)CC1C(c2ccc(Cl)cc2Cl)CC(C(=O)O)N1C#N. The Labute approximate surface area is 146 Å². The molecule has 1 aromatic carbocycles. The molecule has 0 amide bonds. The van der Waals surface area contributed by atoms with E-state index >= 15 is 0 Å². The fourth-order valence-electron chi connectivity index (χ4n) is 3.30. The van der Waals surface area contributed by atoms with Gasteiger partial charge in [0, 0.05) is 22.0 Å². The first-order valence-electron chi connectivity index (χ1n) is 7.50. The molecule has 6 heteroatoms. The summed E-state index contributed by atoms with van der Waals surface area (Å²) in [6, 6.07) is 4.24. The second-order valence-electron chi connectivity index (χ2n) is 7.20. The smallest absolute Gasteiger partial charge is 0.327 e. The van der Waals surface area contributed by atoms with Gasteiger partial charge in [0.05, 0.1) is 0 Å². The molecule has 2 rings (SSSR count). The van der Waals surface area contributed by atoms with Gasteiger partial charge < -0.3 is 5.11 Å². The quantitative estimate of drug-likeness (QED) is 0.810. The van der Waals surface area contributed by atoms with Gasteiger partial charge in [0.2, 0.25) is 0 Å². The number of hydrogen-bond donors (Lipinski definition) is 1. The molecule has 0 radical (unpaired) electrons. The molecule has 0 spiro atoms. The fraction of sp³-hybridized carbons (Fsp3) is 0.529. The first-order chi connectivity index (χ1) is 10.6. The molecule has 1 fully saturated rings. The van der Waals surface area contributed by atoms with Crippen LogP contribution in [0.1, 0.15) is 45.1 Å². The third kappa shape index (κ3) is 3.91. The number of rotatable bonds is 3. The number of benzene rings is 1. The number of nitrogens with zero attached hydrogens (tertiary/aromatic N) is 2. The topological polar surface area (TPSA) is 64.3 Å². The van der Waals surface area contributed by atoms with Crippen molar-refractivity contribution in [2.75, 3.05) is 0 Å². The number of halogens is 2. The van der Waals surface area contributed by atoms with Crippen LogP contribution in [0.5, 0.6) is 0 Å². The lowest BCUT2D eigenvalue weighted by Gasteiger charge is -2.31. The van der Waals surface area contributed by atoms with E-state index in [1.165, 1.54) is 4.90 Å². The molecule has 1 saturated heterocycles. The Morgan fingerprint density at radius 2 is 2.09 bits per heavy atom. The molecule has 23 heavy (non-hydrogen) atoms. The van der Waals surface area contributed by atoms with Crippen LogP contribution in [0.2, 0.25) is 10.0 Å². The van der Waals surface area contributed by atoms with Crippen LogP contribution < -0.4 is 0 Å². The van der Waals surface area contributed by atoms with Crippen molar-refractivity contribution in [2.45, 2.75) is 51.6 Å². The highest BCUT2D eigenvalue weighted by atomic mass is 35.5. The molecule has 1 heterocycles. The van der Waals surface area contributed by atoms with Crippen molar-refractivity contribution in [3.63, 3.8) is 0 Å². The third-order valence-corrected chi connectivity index (χ3v) is 4.78. The first-order valence-corrected chi connectivity index (χ1v) is 8.25. The number of likely N-dealkylation sites (tertiary alicyclic amines) is 1. The van der Waals surface area contributed by atoms with Crippen molar-refractivity contribution < 1.29 is 9.90 Å². The highest BCUT2D eigenvalue weighted by Crippen LogP contribution is 2.44. The first kappa shape index (κ1) is 17.9. The standard InChI is InChI=1S/C17H20Cl2N2O2/c1-17(2,3)8-15-12(7-14(16(22)23)21(15)9-20)11-5-4-10(18)6-13(11)19/h4-6,12,14-15H,7-8H2,1-3H3,(H,22,23). The average molecular weight is 355 g/mol. The molecule has 0 saturated carbocycles. The highest BCUT2D eigenvalue weighted by Gasteiger charge is 2.46. The molecule has 1 aliphatic rings. The molecular weight excluding hydrogens is 335 g/mol. The van der Waals surface area contributed by atoms with Gasteiger partial charge in [-0.15, -0.1) is 0 Å². The molecule has 4 nitrogen and oxygen atoms in total. The zero-order valence-corrected chi connectivity index (χ0v) is 14.9. The monoisotopic (exact) mass is 354 g/mol. The van der Waals surface area contributed by atoms with Crippen molar-refractivity contribution in [1.29, 1.82) is 5.26 Å². The number of carbonyl (C=O) groups is 1. The summed E-state index contributed by atoms with van der Waals surface area (Å²) in [4.78, 5) is 13.0. The van der Waals surface area contributed by atoms with Crippen LogP contribution in [-0.4, -0.2) is 28.1 Å². The van der Waals surface area contributed by atoms with Crippen LogP contribution in [0.15, 0.2) is 18.2 Å². The van der Waals surface area contributed by atoms with Gasteiger partial charge in [-0.3, -0.25) is 4.90 Å². The maximum absolute atomic E-state index is 11.6. The maximum Gasteiger partial charge on any atom is 0.327 e. The van der Waals surface area contributed by atoms with Gasteiger partial charge in [-0.05, 0) is 36.0 Å². The van der Waals surface area contributed by atoms with E-state index in [0.717, 1.165) is 5.56 Å². The Kier molecular flexibility index (Phi) is 5.13. The van der Waals surface area contributed by atoms with E-state index in [1.807, 2.05) is 6.07 Å². The Hall–Kier alpha value is -1.44. The van der Waals surface area contributed by atoms with Crippen LogP contribution >= 0.6 is 23.2 Å². The summed E-state index contributed by atoms with van der Waals surface area (Å²) in [6.45, 7) is 6.24. The van der Waals surface area contributed by atoms with E-state index in [1.54, 1.807) is 12.1 Å². The van der Waals surface area contributed by atoms with E-state index < -0.39 is 12.0 Å². The molecule has 3 atom stereocenters. The van der Waals surface area contributed by atoms with Crippen LogP contribution in [0.25, 0.3) is 0 Å². The summed E-state index contributed by atoms with van der Waals surface area (Å²) in [7, 11) is 0. The molecule has 0 aromatic heterocycles. The molecule has 0 bridgehead atoms. The fourth-order valence-corrected chi connectivity index (χ4v) is 3.85. The summed E-state index contributed by atoms with van der Waals surface area (Å²) in [6.07, 6.45) is 3.15. The highest BCUT2D eigenvalue weighted by molar-refractivity contribution is 6.35. The minimum Gasteiger partial charge on any atom is -0.480 e. The van der Waals surface area contributed by atoms with E-state index in [4.69, 9.17) is 23.2 Å². The molecule has 1 aromatic rings. The zero-order chi connectivity index (χ0) is 17.4. The third-order valence-electron chi connectivity index (χ3n) is 4.22. The summed E-state index contributed by atoms with van der Waals surface area (Å²) in [5, 5.41) is 20.0. The van der Waals surface area contributed by atoms with Crippen LogP contribution in [-0.2, 0) is 4.79 Å². The zero-order valence-electron chi connectivity index (χ0n) is 13.4. The maximum atomic E-state index is 11.6. The Bertz CT molecular complexity index is 649. The van der Waals surface area contributed by atoms with Gasteiger partial charge in [-0.1, -0.05) is 50.0 Å². The van der Waals surface area contributed by atoms with Gasteiger partial charge in [-0.25, -0.2) is 4.79 Å². The van der Waals surface area contributed by atoms with Gasteiger partial charge in [0.15, 0.2) is 6.19 Å². The minimum atomic E-state index is -0.974. The summed E-state index contributed by atoms with van der Waals surface area (Å²) in [5.41, 5.74) is 0.818. The summed E-state index contributed by atoms with van der Waals surface area (Å²) < 4.78 is 0. The Balaban J connectivity index is 2.46. The van der Waals surface area contributed by atoms with E-state index in [9.17, 15) is 15.2 Å². The molecule has 1 aliphatic heterocycles. The number of nitriles is 1. The lowest BCUT2D eigenvalue weighted by atomic mass is 9.80. The summed E-state index contributed by atoms with van der Waals surface area (Å²) in [5.74, 6) is -1.09. The van der Waals surface area contributed by atoms with Gasteiger partial charge in [0.1, 0.15) is 6.04 Å². The minimum absolute atomic E-state index is 0.0374. The van der Waals surface area contributed by atoms with Gasteiger partial charge >= 0.3 is 5.97 Å². The van der Waals surface area contributed by atoms with Crippen LogP contribution in [0.4, 0.5) is 0 Å².